The molecule has 12 heavy (non-hydrogen) atoms. The zero-order chi connectivity index (χ0) is 9.14. The maximum atomic E-state index is 13.0. The van der Waals surface area contributed by atoms with Crippen molar-refractivity contribution in [3.05, 3.63) is 34.1 Å². The molecule has 0 fully saturated rings. The maximum Gasteiger partial charge on any atom is 0.126 e. The Morgan fingerprint density at radius 3 is 2.75 bits per heavy atom. The maximum absolute atomic E-state index is 13.0. The van der Waals surface area contributed by atoms with Gasteiger partial charge < -0.3 is 0 Å². The van der Waals surface area contributed by atoms with Crippen molar-refractivity contribution in [1.82, 2.24) is 0 Å². The normalized spacial score (nSPS) is 13.0. The fourth-order valence-corrected chi connectivity index (χ4v) is 1.35. The quantitative estimate of drug-likeness (QED) is 0.733. The van der Waals surface area contributed by atoms with Gasteiger partial charge in [-0.25, -0.2) is 4.39 Å². The summed E-state index contributed by atoms with van der Waals surface area (Å²) in [6.45, 7) is 1.12. The van der Waals surface area contributed by atoms with E-state index < -0.39 is 6.67 Å². The number of hydrogen-bond acceptors (Lipinski definition) is 0. The molecule has 1 aromatic carbocycles. The van der Waals surface area contributed by atoms with Crippen molar-refractivity contribution in [3.63, 3.8) is 0 Å². The van der Waals surface area contributed by atoms with Crippen LogP contribution in [0.3, 0.4) is 0 Å². The molecule has 0 amide bonds. The van der Waals surface area contributed by atoms with Gasteiger partial charge in [0.1, 0.15) is 5.82 Å². The molecule has 0 heterocycles. The number of hydrogen-bond donors (Lipinski definition) is 0. The number of rotatable bonds is 2. The minimum atomic E-state index is -0.534. The first kappa shape index (κ1) is 9.65. The van der Waals surface area contributed by atoms with Crippen LogP contribution in [0.2, 0.25) is 0 Å². The third kappa shape index (κ3) is 2.03. The molecule has 1 unspecified atom stereocenters. The molecule has 0 aliphatic heterocycles. The van der Waals surface area contributed by atoms with E-state index in [-0.39, 0.29) is 11.7 Å². The van der Waals surface area contributed by atoms with E-state index in [4.69, 9.17) is 0 Å². The highest BCUT2D eigenvalue weighted by Crippen LogP contribution is 2.23. The molecule has 1 rings (SSSR count). The minimum absolute atomic E-state index is 0.344. The van der Waals surface area contributed by atoms with Crippen LogP contribution in [0.4, 0.5) is 8.78 Å². The Balaban J connectivity index is 3.04. The molecule has 1 aromatic rings. The highest BCUT2D eigenvalue weighted by molar-refractivity contribution is 9.10. The van der Waals surface area contributed by atoms with Gasteiger partial charge in [-0.2, -0.15) is 0 Å². The summed E-state index contributed by atoms with van der Waals surface area (Å²) >= 11 is 3.20. The lowest BCUT2D eigenvalue weighted by molar-refractivity contribution is 0.436. The minimum Gasteiger partial charge on any atom is -0.250 e. The second-order valence-corrected chi connectivity index (χ2v) is 3.64. The average molecular weight is 235 g/mol. The van der Waals surface area contributed by atoms with Crippen molar-refractivity contribution in [3.8, 4) is 0 Å². The van der Waals surface area contributed by atoms with Gasteiger partial charge in [0.05, 0.1) is 6.67 Å². The molecule has 0 bridgehead atoms. The molecule has 0 radical (unpaired) electrons. The van der Waals surface area contributed by atoms with Crippen molar-refractivity contribution in [1.29, 1.82) is 0 Å². The van der Waals surface area contributed by atoms with Crippen LogP contribution in [0.5, 0.6) is 0 Å². The van der Waals surface area contributed by atoms with Crippen LogP contribution in [-0.4, -0.2) is 6.67 Å². The van der Waals surface area contributed by atoms with E-state index in [2.05, 4.69) is 15.9 Å². The SMILES string of the molecule is CC(CF)c1cc(Br)ccc1F. The molecule has 0 N–H and O–H groups in total. The van der Waals surface area contributed by atoms with Gasteiger partial charge in [-0.1, -0.05) is 22.9 Å². The van der Waals surface area contributed by atoms with Gasteiger partial charge in [0, 0.05) is 10.4 Å². The first-order valence-electron chi connectivity index (χ1n) is 3.66. The second kappa shape index (κ2) is 3.99. The van der Waals surface area contributed by atoms with Crippen LogP contribution in [-0.2, 0) is 0 Å². The van der Waals surface area contributed by atoms with Crippen LogP contribution in [0.25, 0.3) is 0 Å². The zero-order valence-corrected chi connectivity index (χ0v) is 8.24. The van der Waals surface area contributed by atoms with Gasteiger partial charge in [0.2, 0.25) is 0 Å². The van der Waals surface area contributed by atoms with Gasteiger partial charge in [0.25, 0.3) is 0 Å². The monoisotopic (exact) mass is 234 g/mol. The van der Waals surface area contributed by atoms with Crippen molar-refractivity contribution < 1.29 is 8.78 Å². The summed E-state index contributed by atoms with van der Waals surface area (Å²) in [5.41, 5.74) is 0.423. The first-order chi connectivity index (χ1) is 5.65. The van der Waals surface area contributed by atoms with Gasteiger partial charge in [0.15, 0.2) is 0 Å². The van der Waals surface area contributed by atoms with Gasteiger partial charge in [-0.3, -0.25) is 4.39 Å². The summed E-state index contributed by atoms with van der Waals surface area (Å²) in [6.07, 6.45) is 0. The van der Waals surface area contributed by atoms with Gasteiger partial charge >= 0.3 is 0 Å². The lowest BCUT2D eigenvalue weighted by Gasteiger charge is -2.08. The van der Waals surface area contributed by atoms with Crippen LogP contribution >= 0.6 is 15.9 Å². The predicted octanol–water partition coefficient (Wildman–Crippen LogP) is 3.66. The summed E-state index contributed by atoms with van der Waals surface area (Å²) in [4.78, 5) is 0. The zero-order valence-electron chi connectivity index (χ0n) is 6.65. The summed E-state index contributed by atoms with van der Waals surface area (Å²) in [5.74, 6) is -0.717. The topological polar surface area (TPSA) is 0 Å². The molecule has 0 saturated heterocycles. The smallest absolute Gasteiger partial charge is 0.126 e. The molecular weight excluding hydrogens is 226 g/mol. The van der Waals surface area contributed by atoms with Crippen molar-refractivity contribution in [2.75, 3.05) is 6.67 Å². The van der Waals surface area contributed by atoms with Crippen molar-refractivity contribution >= 4 is 15.9 Å². The Kier molecular flexibility index (Phi) is 3.20. The fourth-order valence-electron chi connectivity index (χ4n) is 0.975. The van der Waals surface area contributed by atoms with E-state index in [0.717, 1.165) is 4.47 Å². The molecule has 0 aromatic heterocycles. The Labute approximate surface area is 78.7 Å². The first-order valence-corrected chi connectivity index (χ1v) is 4.45. The van der Waals surface area contributed by atoms with E-state index in [1.165, 1.54) is 6.07 Å². The van der Waals surface area contributed by atoms with E-state index in [9.17, 15) is 8.78 Å². The lowest BCUT2D eigenvalue weighted by Crippen LogP contribution is -1.98. The molecule has 0 saturated carbocycles. The van der Waals surface area contributed by atoms with Crippen LogP contribution in [0.1, 0.15) is 18.4 Å². The van der Waals surface area contributed by atoms with Crippen LogP contribution < -0.4 is 0 Å². The van der Waals surface area contributed by atoms with E-state index in [1.54, 1.807) is 19.1 Å². The number of halogens is 3. The predicted molar refractivity (Wildman–Crippen MR) is 48.5 cm³/mol. The summed E-state index contributed by atoms with van der Waals surface area (Å²) in [6, 6.07) is 4.55. The highest BCUT2D eigenvalue weighted by atomic mass is 79.9. The Hall–Kier alpha value is -0.440. The Bertz CT molecular complexity index is 273. The van der Waals surface area contributed by atoms with Gasteiger partial charge in [-0.15, -0.1) is 0 Å². The van der Waals surface area contributed by atoms with E-state index in [1.807, 2.05) is 0 Å². The largest absolute Gasteiger partial charge is 0.250 e. The molecule has 1 atom stereocenters. The molecule has 3 heteroatoms. The summed E-state index contributed by atoms with van der Waals surface area (Å²) in [5, 5.41) is 0. The van der Waals surface area contributed by atoms with Crippen LogP contribution in [0.15, 0.2) is 22.7 Å². The van der Waals surface area contributed by atoms with E-state index in [0.29, 0.717) is 5.56 Å². The third-order valence-electron chi connectivity index (χ3n) is 1.72. The number of alkyl halides is 1. The molecule has 0 aliphatic carbocycles. The standard InChI is InChI=1S/C9H9BrF2/c1-6(5-11)8-4-7(10)2-3-9(8)12/h2-4,6H,5H2,1H3. The average Bonchev–Trinajstić information content (AvgIpc) is 2.08. The highest BCUT2D eigenvalue weighted by Gasteiger charge is 2.10. The Morgan fingerprint density at radius 1 is 1.50 bits per heavy atom. The molecule has 0 aliphatic rings. The molecule has 66 valence electrons. The Morgan fingerprint density at radius 2 is 2.17 bits per heavy atom. The summed E-state index contributed by atoms with van der Waals surface area (Å²) in [7, 11) is 0. The molecular formula is C9H9BrF2. The fraction of sp³-hybridized carbons (Fsp3) is 0.333. The van der Waals surface area contributed by atoms with Crippen molar-refractivity contribution in [2.45, 2.75) is 12.8 Å². The second-order valence-electron chi connectivity index (χ2n) is 2.72. The third-order valence-corrected chi connectivity index (χ3v) is 2.21. The lowest BCUT2D eigenvalue weighted by atomic mass is 10.0. The number of benzene rings is 1. The van der Waals surface area contributed by atoms with Gasteiger partial charge in [-0.05, 0) is 23.8 Å². The summed E-state index contributed by atoms with van der Waals surface area (Å²) < 4.78 is 26.0. The molecule has 0 nitrogen and oxygen atoms in total. The van der Waals surface area contributed by atoms with E-state index >= 15 is 0 Å². The van der Waals surface area contributed by atoms with Crippen LogP contribution in [0, 0.1) is 5.82 Å². The van der Waals surface area contributed by atoms with Crippen molar-refractivity contribution in [2.24, 2.45) is 0 Å². The molecule has 0 spiro atoms.